The molecule has 0 aromatic heterocycles. The zero-order chi connectivity index (χ0) is 14.0. The van der Waals surface area contributed by atoms with Crippen molar-refractivity contribution in [3.8, 4) is 0 Å². The Morgan fingerprint density at radius 3 is 1.50 bits per heavy atom. The molecular formula is C10H22N4O2S2. The first-order valence-electron chi connectivity index (χ1n) is 5.70. The highest BCUT2D eigenvalue weighted by Gasteiger charge is 2.13. The topological polar surface area (TPSA) is 110 Å². The Bertz CT molecular complexity index is 240. The third-order valence-corrected chi connectivity index (χ3v) is 4.92. The van der Waals surface area contributed by atoms with E-state index in [4.69, 9.17) is 11.5 Å². The minimum absolute atomic E-state index is 0.270. The summed E-state index contributed by atoms with van der Waals surface area (Å²) < 4.78 is 0. The lowest BCUT2D eigenvalue weighted by atomic mass is 10.2. The van der Waals surface area contributed by atoms with Gasteiger partial charge < -0.3 is 22.1 Å². The molecule has 0 rings (SSSR count). The van der Waals surface area contributed by atoms with Crippen molar-refractivity contribution in [1.82, 2.24) is 10.6 Å². The highest BCUT2D eigenvalue weighted by molar-refractivity contribution is 8.76. The van der Waals surface area contributed by atoms with Crippen molar-refractivity contribution in [2.45, 2.75) is 24.9 Å². The Morgan fingerprint density at radius 1 is 0.944 bits per heavy atom. The van der Waals surface area contributed by atoms with E-state index in [1.807, 2.05) is 0 Å². The molecule has 0 heterocycles. The number of hydrogen-bond donors (Lipinski definition) is 4. The summed E-state index contributed by atoms with van der Waals surface area (Å²) in [7, 11) is 6.77. The molecule has 18 heavy (non-hydrogen) atoms. The Labute approximate surface area is 116 Å². The second kappa shape index (κ2) is 10.5. The summed E-state index contributed by atoms with van der Waals surface area (Å²) in [5.41, 5.74) is 10.4. The van der Waals surface area contributed by atoms with Gasteiger partial charge in [0.2, 0.25) is 11.8 Å². The van der Waals surface area contributed by atoms with Crippen LogP contribution in [0.3, 0.4) is 0 Å². The number of rotatable bonds is 11. The Balaban J connectivity index is 3.56. The number of nitrogens with two attached hydrogens (primary N) is 2. The number of nitrogens with one attached hydrogen (secondary N) is 2. The van der Waals surface area contributed by atoms with E-state index in [2.05, 4.69) is 10.6 Å². The number of carbonyl (C=O) groups excluding carboxylic acids is 2. The first kappa shape index (κ1) is 17.6. The van der Waals surface area contributed by atoms with Crippen LogP contribution in [0.15, 0.2) is 0 Å². The van der Waals surface area contributed by atoms with Crippen LogP contribution in [0.1, 0.15) is 12.8 Å². The van der Waals surface area contributed by atoms with E-state index in [0.717, 1.165) is 11.5 Å². The molecule has 0 saturated heterocycles. The van der Waals surface area contributed by atoms with Gasteiger partial charge in [-0.3, -0.25) is 9.59 Å². The predicted octanol–water partition coefficient (Wildman–Crippen LogP) is -0.705. The SMILES string of the molecule is CNC(CCSSCCC(NC)C(N)=O)C(N)=O. The van der Waals surface area contributed by atoms with Gasteiger partial charge in [0.1, 0.15) is 0 Å². The van der Waals surface area contributed by atoms with Gasteiger partial charge in [-0.1, -0.05) is 21.6 Å². The predicted molar refractivity (Wildman–Crippen MR) is 78.2 cm³/mol. The van der Waals surface area contributed by atoms with E-state index >= 15 is 0 Å². The van der Waals surface area contributed by atoms with E-state index in [9.17, 15) is 9.59 Å². The third-order valence-electron chi connectivity index (χ3n) is 2.45. The number of amides is 2. The molecule has 0 aliphatic heterocycles. The minimum Gasteiger partial charge on any atom is -0.368 e. The molecule has 0 radical (unpaired) electrons. The van der Waals surface area contributed by atoms with E-state index in [0.29, 0.717) is 12.8 Å². The minimum atomic E-state index is -0.327. The third kappa shape index (κ3) is 7.80. The number of primary amides is 2. The largest absolute Gasteiger partial charge is 0.368 e. The number of likely N-dealkylation sites (N-methyl/N-ethyl adjacent to an activating group) is 2. The summed E-state index contributed by atoms with van der Waals surface area (Å²) in [5, 5.41) is 5.73. The van der Waals surface area contributed by atoms with E-state index < -0.39 is 0 Å². The highest BCUT2D eigenvalue weighted by Crippen LogP contribution is 2.23. The van der Waals surface area contributed by atoms with Gasteiger partial charge in [0.15, 0.2) is 0 Å². The van der Waals surface area contributed by atoms with E-state index in [-0.39, 0.29) is 23.9 Å². The lowest BCUT2D eigenvalue weighted by molar-refractivity contribution is -0.120. The fourth-order valence-electron chi connectivity index (χ4n) is 1.31. The van der Waals surface area contributed by atoms with Crippen LogP contribution in [0.25, 0.3) is 0 Å². The summed E-state index contributed by atoms with van der Waals surface area (Å²) in [6.45, 7) is 0. The van der Waals surface area contributed by atoms with Gasteiger partial charge in [0.05, 0.1) is 12.1 Å². The molecule has 0 fully saturated rings. The van der Waals surface area contributed by atoms with Crippen molar-refractivity contribution in [2.24, 2.45) is 11.5 Å². The first-order valence-corrected chi connectivity index (χ1v) is 8.19. The molecule has 0 aliphatic rings. The molecule has 6 N–H and O–H groups in total. The van der Waals surface area contributed by atoms with Crippen molar-refractivity contribution < 1.29 is 9.59 Å². The van der Waals surface area contributed by atoms with Crippen LogP contribution >= 0.6 is 21.6 Å². The molecule has 0 bridgehead atoms. The van der Waals surface area contributed by atoms with Crippen LogP contribution in [-0.2, 0) is 9.59 Å². The van der Waals surface area contributed by atoms with Crippen molar-refractivity contribution in [1.29, 1.82) is 0 Å². The first-order chi connectivity index (χ1) is 8.52. The summed E-state index contributed by atoms with van der Waals surface area (Å²) in [4.78, 5) is 21.9. The van der Waals surface area contributed by atoms with Crippen molar-refractivity contribution in [3.63, 3.8) is 0 Å². The fourth-order valence-corrected chi connectivity index (χ4v) is 3.49. The molecule has 8 heteroatoms. The lowest BCUT2D eigenvalue weighted by Gasteiger charge is -2.12. The van der Waals surface area contributed by atoms with Crippen LogP contribution < -0.4 is 22.1 Å². The van der Waals surface area contributed by atoms with Crippen LogP contribution in [0, 0.1) is 0 Å². The summed E-state index contributed by atoms with van der Waals surface area (Å²) in [5.74, 6) is 1.01. The molecular weight excluding hydrogens is 272 g/mol. The Kier molecular flexibility index (Phi) is 10.2. The molecule has 0 aliphatic carbocycles. The van der Waals surface area contributed by atoms with Crippen molar-refractivity contribution in [2.75, 3.05) is 25.6 Å². The van der Waals surface area contributed by atoms with Crippen molar-refractivity contribution >= 4 is 33.4 Å². The van der Waals surface area contributed by atoms with Crippen LogP contribution in [-0.4, -0.2) is 49.5 Å². The maximum atomic E-state index is 10.9. The molecule has 2 atom stereocenters. The zero-order valence-corrected chi connectivity index (χ0v) is 12.4. The maximum absolute atomic E-state index is 10.9. The summed E-state index contributed by atoms with van der Waals surface area (Å²) >= 11 is 0. The number of carbonyl (C=O) groups is 2. The monoisotopic (exact) mass is 294 g/mol. The Hall–Kier alpha value is -0.440. The smallest absolute Gasteiger partial charge is 0.234 e. The molecule has 0 aromatic carbocycles. The van der Waals surface area contributed by atoms with E-state index in [1.54, 1.807) is 35.7 Å². The molecule has 2 unspecified atom stereocenters. The molecule has 0 aromatic rings. The van der Waals surface area contributed by atoms with Gasteiger partial charge in [-0.15, -0.1) is 0 Å². The van der Waals surface area contributed by atoms with Crippen molar-refractivity contribution in [3.05, 3.63) is 0 Å². The van der Waals surface area contributed by atoms with Gasteiger partial charge in [-0.25, -0.2) is 0 Å². The van der Waals surface area contributed by atoms with E-state index in [1.165, 1.54) is 0 Å². The van der Waals surface area contributed by atoms with Gasteiger partial charge in [0, 0.05) is 11.5 Å². The van der Waals surface area contributed by atoms with Gasteiger partial charge in [0.25, 0.3) is 0 Å². The highest BCUT2D eigenvalue weighted by atomic mass is 33.1. The molecule has 2 amide bonds. The molecule has 6 nitrogen and oxygen atoms in total. The normalized spacial score (nSPS) is 14.1. The van der Waals surface area contributed by atoms with Gasteiger partial charge in [-0.05, 0) is 26.9 Å². The zero-order valence-electron chi connectivity index (χ0n) is 10.8. The van der Waals surface area contributed by atoms with Gasteiger partial charge in [-0.2, -0.15) is 0 Å². The maximum Gasteiger partial charge on any atom is 0.234 e. The average Bonchev–Trinajstić information content (AvgIpc) is 2.32. The van der Waals surface area contributed by atoms with Crippen LogP contribution in [0.5, 0.6) is 0 Å². The standard InChI is InChI=1S/C10H22N4O2S2/c1-13-7(9(11)15)3-5-17-18-6-4-8(14-2)10(12)16/h7-8,13-14H,3-6H2,1-2H3,(H2,11,15)(H2,12,16). The molecule has 0 saturated carbocycles. The average molecular weight is 294 g/mol. The summed E-state index contributed by atoms with van der Waals surface area (Å²) in [6.07, 6.45) is 1.41. The lowest BCUT2D eigenvalue weighted by Crippen LogP contribution is -2.39. The summed E-state index contributed by atoms with van der Waals surface area (Å²) in [6, 6.07) is -0.539. The second-order valence-corrected chi connectivity index (χ2v) is 6.41. The fraction of sp³-hybridized carbons (Fsp3) is 0.800. The second-order valence-electron chi connectivity index (χ2n) is 3.71. The quantitative estimate of drug-likeness (QED) is 0.296. The van der Waals surface area contributed by atoms with Crippen LogP contribution in [0.2, 0.25) is 0 Å². The number of hydrogen-bond acceptors (Lipinski definition) is 6. The van der Waals surface area contributed by atoms with Gasteiger partial charge >= 0.3 is 0 Å². The molecule has 106 valence electrons. The van der Waals surface area contributed by atoms with Crippen LogP contribution in [0.4, 0.5) is 0 Å². The molecule has 0 spiro atoms. The Morgan fingerprint density at radius 2 is 1.28 bits per heavy atom.